The average molecular weight is 283 g/mol. The van der Waals surface area contributed by atoms with E-state index in [-0.39, 0.29) is 18.6 Å². The van der Waals surface area contributed by atoms with Crippen LogP contribution in [0.15, 0.2) is 24.3 Å². The van der Waals surface area contributed by atoms with Crippen LogP contribution in [0.1, 0.15) is 19.3 Å². The maximum Gasteiger partial charge on any atom is 0.238 e. The molecular formula is C14H19ClN2O2. The molecule has 1 aliphatic rings. The molecule has 1 aromatic carbocycles. The first-order valence-electron chi connectivity index (χ1n) is 6.57. The van der Waals surface area contributed by atoms with Crippen molar-refractivity contribution in [3.05, 3.63) is 29.3 Å². The Kier molecular flexibility index (Phi) is 5.19. The zero-order valence-electron chi connectivity index (χ0n) is 10.7. The van der Waals surface area contributed by atoms with Crippen molar-refractivity contribution in [2.75, 3.05) is 18.4 Å². The molecule has 1 saturated carbocycles. The van der Waals surface area contributed by atoms with Gasteiger partial charge in [0.25, 0.3) is 0 Å². The van der Waals surface area contributed by atoms with Gasteiger partial charge in [0.2, 0.25) is 5.91 Å². The van der Waals surface area contributed by atoms with Gasteiger partial charge in [0.1, 0.15) is 0 Å². The predicted octanol–water partition coefficient (Wildman–Crippen LogP) is 2.03. The number of anilines is 1. The Morgan fingerprint density at radius 1 is 1.32 bits per heavy atom. The molecule has 0 saturated heterocycles. The summed E-state index contributed by atoms with van der Waals surface area (Å²) >= 11 is 5.77. The van der Waals surface area contributed by atoms with E-state index < -0.39 is 0 Å². The number of hydrogen-bond acceptors (Lipinski definition) is 3. The van der Waals surface area contributed by atoms with Gasteiger partial charge in [-0.05, 0) is 56.0 Å². The summed E-state index contributed by atoms with van der Waals surface area (Å²) in [4.78, 5) is 11.7. The zero-order valence-corrected chi connectivity index (χ0v) is 11.5. The number of carbonyl (C=O) groups is 1. The molecule has 0 aromatic heterocycles. The molecule has 0 aliphatic heterocycles. The number of halogens is 1. The highest BCUT2D eigenvalue weighted by atomic mass is 35.5. The van der Waals surface area contributed by atoms with Gasteiger partial charge in [-0.15, -0.1) is 0 Å². The maximum atomic E-state index is 11.7. The van der Waals surface area contributed by atoms with Crippen LogP contribution in [0, 0.1) is 5.92 Å². The van der Waals surface area contributed by atoms with Crippen molar-refractivity contribution in [3.8, 4) is 0 Å². The number of aliphatic hydroxyl groups is 1. The van der Waals surface area contributed by atoms with Crippen LogP contribution in [-0.4, -0.2) is 30.2 Å². The minimum Gasteiger partial charge on any atom is -0.393 e. The fourth-order valence-electron chi connectivity index (χ4n) is 2.36. The van der Waals surface area contributed by atoms with E-state index in [1.54, 1.807) is 24.3 Å². The molecule has 0 spiro atoms. The highest BCUT2D eigenvalue weighted by Gasteiger charge is 2.22. The van der Waals surface area contributed by atoms with Crippen molar-refractivity contribution in [2.24, 2.45) is 5.92 Å². The molecule has 1 aromatic rings. The summed E-state index contributed by atoms with van der Waals surface area (Å²) in [6, 6.07) is 7.02. The Morgan fingerprint density at radius 3 is 2.68 bits per heavy atom. The van der Waals surface area contributed by atoms with Crippen molar-refractivity contribution in [1.29, 1.82) is 0 Å². The molecule has 1 amide bonds. The second kappa shape index (κ2) is 6.89. The minimum absolute atomic E-state index is 0.0686. The summed E-state index contributed by atoms with van der Waals surface area (Å²) in [5, 5.41) is 16.0. The molecule has 19 heavy (non-hydrogen) atoms. The fraction of sp³-hybridized carbons (Fsp3) is 0.500. The van der Waals surface area contributed by atoms with E-state index in [4.69, 9.17) is 11.6 Å². The molecule has 0 radical (unpaired) electrons. The van der Waals surface area contributed by atoms with Crippen LogP contribution >= 0.6 is 11.6 Å². The van der Waals surface area contributed by atoms with Crippen molar-refractivity contribution in [3.63, 3.8) is 0 Å². The van der Waals surface area contributed by atoms with Crippen molar-refractivity contribution in [1.82, 2.24) is 5.32 Å². The van der Waals surface area contributed by atoms with Gasteiger partial charge in [-0.1, -0.05) is 11.6 Å². The lowest BCUT2D eigenvalue weighted by atomic mass is 10.1. The van der Waals surface area contributed by atoms with E-state index in [0.717, 1.165) is 31.5 Å². The molecule has 1 fully saturated rings. The summed E-state index contributed by atoms with van der Waals surface area (Å²) in [6.07, 6.45) is 2.59. The van der Waals surface area contributed by atoms with Crippen molar-refractivity contribution in [2.45, 2.75) is 25.4 Å². The molecule has 0 bridgehead atoms. The Morgan fingerprint density at radius 2 is 2.05 bits per heavy atom. The van der Waals surface area contributed by atoms with E-state index in [0.29, 0.717) is 10.9 Å². The van der Waals surface area contributed by atoms with Gasteiger partial charge in [-0.3, -0.25) is 4.79 Å². The lowest BCUT2D eigenvalue weighted by Gasteiger charge is -2.11. The van der Waals surface area contributed by atoms with E-state index in [9.17, 15) is 9.90 Å². The summed E-state index contributed by atoms with van der Waals surface area (Å²) in [5.41, 5.74) is 0.743. The summed E-state index contributed by atoms with van der Waals surface area (Å²) in [5.74, 6) is 0.416. The van der Waals surface area contributed by atoms with Gasteiger partial charge in [-0.2, -0.15) is 0 Å². The maximum absolute atomic E-state index is 11.7. The third-order valence-electron chi connectivity index (χ3n) is 3.36. The Balaban J connectivity index is 1.66. The van der Waals surface area contributed by atoms with Crippen LogP contribution < -0.4 is 10.6 Å². The smallest absolute Gasteiger partial charge is 0.238 e. The van der Waals surface area contributed by atoms with Crippen LogP contribution in [0.3, 0.4) is 0 Å². The highest BCUT2D eigenvalue weighted by molar-refractivity contribution is 6.30. The number of hydrogen-bond donors (Lipinski definition) is 3. The first-order chi connectivity index (χ1) is 9.13. The van der Waals surface area contributed by atoms with Crippen molar-refractivity contribution >= 4 is 23.2 Å². The lowest BCUT2D eigenvalue weighted by Crippen LogP contribution is -2.31. The normalized spacial score (nSPS) is 22.4. The molecule has 2 unspecified atom stereocenters. The largest absolute Gasteiger partial charge is 0.393 e. The number of aliphatic hydroxyl groups excluding tert-OH is 1. The molecule has 0 heterocycles. The van der Waals surface area contributed by atoms with E-state index in [1.165, 1.54) is 0 Å². The Hall–Kier alpha value is -1.10. The summed E-state index contributed by atoms with van der Waals surface area (Å²) in [6.45, 7) is 1.07. The number of rotatable bonds is 5. The number of nitrogens with one attached hydrogen (secondary N) is 2. The molecule has 3 N–H and O–H groups in total. The van der Waals surface area contributed by atoms with E-state index in [1.807, 2.05) is 0 Å². The first-order valence-corrected chi connectivity index (χ1v) is 6.95. The average Bonchev–Trinajstić information content (AvgIpc) is 2.78. The molecule has 1 aliphatic carbocycles. The Labute approximate surface area is 118 Å². The zero-order chi connectivity index (χ0) is 13.7. The van der Waals surface area contributed by atoms with E-state index in [2.05, 4.69) is 10.6 Å². The van der Waals surface area contributed by atoms with Gasteiger partial charge < -0.3 is 15.7 Å². The van der Waals surface area contributed by atoms with Gasteiger partial charge in [-0.25, -0.2) is 0 Å². The number of benzene rings is 1. The standard InChI is InChI=1S/C14H19ClN2O2/c15-11-2-4-12(5-3-11)17-14(19)9-16-8-10-1-6-13(18)7-10/h2-5,10,13,16,18H,1,6-9H2,(H,17,19). The quantitative estimate of drug-likeness (QED) is 0.774. The summed E-state index contributed by atoms with van der Waals surface area (Å²) in [7, 11) is 0. The second-order valence-corrected chi connectivity index (χ2v) is 5.46. The topological polar surface area (TPSA) is 61.4 Å². The highest BCUT2D eigenvalue weighted by Crippen LogP contribution is 2.24. The minimum atomic E-state index is -0.158. The summed E-state index contributed by atoms with van der Waals surface area (Å²) < 4.78 is 0. The molecule has 2 rings (SSSR count). The lowest BCUT2D eigenvalue weighted by molar-refractivity contribution is -0.115. The molecule has 104 valence electrons. The van der Waals surface area contributed by atoms with Crippen LogP contribution in [0.4, 0.5) is 5.69 Å². The third kappa shape index (κ3) is 4.82. The second-order valence-electron chi connectivity index (χ2n) is 5.02. The van der Waals surface area contributed by atoms with Crippen molar-refractivity contribution < 1.29 is 9.90 Å². The van der Waals surface area contributed by atoms with Crippen LogP contribution in [-0.2, 0) is 4.79 Å². The molecule has 2 atom stereocenters. The van der Waals surface area contributed by atoms with E-state index >= 15 is 0 Å². The van der Waals surface area contributed by atoms with Gasteiger partial charge in [0.15, 0.2) is 0 Å². The van der Waals surface area contributed by atoms with Gasteiger partial charge in [0.05, 0.1) is 12.6 Å². The molecular weight excluding hydrogens is 264 g/mol. The molecule has 5 heteroatoms. The van der Waals surface area contributed by atoms with Crippen LogP contribution in [0.25, 0.3) is 0 Å². The molecule has 4 nitrogen and oxygen atoms in total. The third-order valence-corrected chi connectivity index (χ3v) is 3.61. The van der Waals surface area contributed by atoms with Crippen LogP contribution in [0.2, 0.25) is 5.02 Å². The number of carbonyl (C=O) groups excluding carboxylic acids is 1. The monoisotopic (exact) mass is 282 g/mol. The van der Waals surface area contributed by atoms with Gasteiger partial charge >= 0.3 is 0 Å². The fourth-order valence-corrected chi connectivity index (χ4v) is 2.49. The SMILES string of the molecule is O=C(CNCC1CCC(O)C1)Nc1ccc(Cl)cc1. The predicted molar refractivity (Wildman–Crippen MR) is 76.3 cm³/mol. The number of amides is 1. The van der Waals surface area contributed by atoms with Crippen LogP contribution in [0.5, 0.6) is 0 Å². The van der Waals surface area contributed by atoms with Gasteiger partial charge in [0, 0.05) is 10.7 Å². The first kappa shape index (κ1) is 14.3. The Bertz CT molecular complexity index is 422.